The molecule has 16 heteroatoms. The molecule has 3 rings (SSSR count). The average molecular weight is 597 g/mol. The molecule has 0 fully saturated rings. The van der Waals surface area contributed by atoms with Crippen LogP contribution in [0, 0.1) is 6.92 Å². The smallest absolute Gasteiger partial charge is 0.406 e. The average Bonchev–Trinajstić information content (AvgIpc) is 3.38. The summed E-state index contributed by atoms with van der Waals surface area (Å²) in [6, 6.07) is 8.82. The maximum absolute atomic E-state index is 14.5. The van der Waals surface area contributed by atoms with E-state index in [4.69, 9.17) is 11.6 Å². The summed E-state index contributed by atoms with van der Waals surface area (Å²) in [7, 11) is 0. The third-order valence-corrected chi connectivity index (χ3v) is 6.30. The van der Waals surface area contributed by atoms with Crippen molar-refractivity contribution < 1.29 is 31.9 Å². The van der Waals surface area contributed by atoms with E-state index in [1.807, 2.05) is 19.1 Å². The SMILES string of the molecule is Cc1ccc(CNC(=O)/C(N)=C/N(N)CC(F)CCc2nnc(C(=O)NCc3cccc(OC(F)(F)F)c3)s2)cn1. The molecule has 3 aromatic rings. The predicted molar refractivity (Wildman–Crippen MR) is 141 cm³/mol. The normalized spacial score (nSPS) is 12.5. The number of hydrazine groups is 1. The number of hydrogen-bond acceptors (Lipinski definition) is 10. The van der Waals surface area contributed by atoms with E-state index in [1.54, 1.807) is 6.20 Å². The fourth-order valence-corrected chi connectivity index (χ4v) is 4.11. The van der Waals surface area contributed by atoms with Crippen LogP contribution in [0.25, 0.3) is 0 Å². The van der Waals surface area contributed by atoms with Gasteiger partial charge in [-0.2, -0.15) is 0 Å². The van der Waals surface area contributed by atoms with Crippen LogP contribution in [0.5, 0.6) is 5.75 Å². The van der Waals surface area contributed by atoms with Crippen LogP contribution in [0.3, 0.4) is 0 Å². The van der Waals surface area contributed by atoms with Crippen molar-refractivity contribution in [2.45, 2.75) is 45.4 Å². The van der Waals surface area contributed by atoms with Crippen molar-refractivity contribution >= 4 is 23.2 Å². The summed E-state index contributed by atoms with van der Waals surface area (Å²) in [4.78, 5) is 28.7. The Kier molecular flexibility index (Phi) is 10.9. The third-order valence-electron chi connectivity index (χ3n) is 5.32. The molecule has 220 valence electrons. The van der Waals surface area contributed by atoms with Crippen molar-refractivity contribution in [1.82, 2.24) is 30.8 Å². The molecule has 2 aromatic heterocycles. The molecular weight excluding hydrogens is 568 g/mol. The molecule has 0 radical (unpaired) electrons. The van der Waals surface area contributed by atoms with Crippen LogP contribution in [-0.2, 0) is 24.3 Å². The zero-order chi connectivity index (χ0) is 30.0. The number of amides is 2. The second-order valence-electron chi connectivity index (χ2n) is 8.79. The number of pyridine rings is 1. The number of rotatable bonds is 13. The highest BCUT2D eigenvalue weighted by Gasteiger charge is 2.31. The highest BCUT2D eigenvalue weighted by Crippen LogP contribution is 2.23. The molecule has 0 aliphatic heterocycles. The Bertz CT molecular complexity index is 1350. The Morgan fingerprint density at radius 1 is 1.15 bits per heavy atom. The van der Waals surface area contributed by atoms with Gasteiger partial charge in [-0.3, -0.25) is 14.6 Å². The summed E-state index contributed by atoms with van der Waals surface area (Å²) in [5, 5.41) is 14.2. The van der Waals surface area contributed by atoms with E-state index in [-0.39, 0.29) is 43.2 Å². The van der Waals surface area contributed by atoms with Gasteiger partial charge >= 0.3 is 6.36 Å². The van der Waals surface area contributed by atoms with Gasteiger partial charge in [0.2, 0.25) is 5.01 Å². The molecule has 0 aliphatic rings. The Hall–Kier alpha value is -4.31. The largest absolute Gasteiger partial charge is 0.573 e. The fourth-order valence-electron chi connectivity index (χ4n) is 3.33. The molecular formula is C25H28F4N8O3S. The maximum atomic E-state index is 14.5. The summed E-state index contributed by atoms with van der Waals surface area (Å²) in [5.74, 6) is 4.21. The third kappa shape index (κ3) is 11.0. The van der Waals surface area contributed by atoms with Gasteiger partial charge in [0.15, 0.2) is 0 Å². The zero-order valence-corrected chi connectivity index (χ0v) is 22.6. The number of carbonyl (C=O) groups is 2. The van der Waals surface area contributed by atoms with Gasteiger partial charge in [-0.05, 0) is 42.7 Å². The number of nitrogens with two attached hydrogens (primary N) is 2. The summed E-state index contributed by atoms with van der Waals surface area (Å²) in [6.07, 6.45) is -3.29. The molecule has 6 N–H and O–H groups in total. The Labute approximate surface area is 236 Å². The van der Waals surface area contributed by atoms with Crippen molar-refractivity contribution in [2.24, 2.45) is 11.6 Å². The van der Waals surface area contributed by atoms with Crippen molar-refractivity contribution in [3.05, 3.63) is 81.3 Å². The molecule has 1 unspecified atom stereocenters. The van der Waals surface area contributed by atoms with E-state index >= 15 is 0 Å². The number of halogens is 4. The number of hydrogen-bond donors (Lipinski definition) is 4. The van der Waals surface area contributed by atoms with Gasteiger partial charge < -0.3 is 26.1 Å². The van der Waals surface area contributed by atoms with Crippen LogP contribution in [0.4, 0.5) is 17.6 Å². The lowest BCUT2D eigenvalue weighted by Gasteiger charge is -2.17. The quantitative estimate of drug-likeness (QED) is 0.101. The summed E-state index contributed by atoms with van der Waals surface area (Å²) >= 11 is 0.958. The van der Waals surface area contributed by atoms with Crippen molar-refractivity contribution in [1.29, 1.82) is 0 Å². The van der Waals surface area contributed by atoms with E-state index in [0.29, 0.717) is 10.6 Å². The van der Waals surface area contributed by atoms with E-state index < -0.39 is 30.1 Å². The number of aryl methyl sites for hydroxylation is 2. The minimum absolute atomic E-state index is 0.0102. The van der Waals surface area contributed by atoms with E-state index in [0.717, 1.165) is 45.9 Å². The van der Waals surface area contributed by atoms with Gasteiger partial charge in [-0.25, -0.2) is 10.2 Å². The Balaban J connectivity index is 1.40. The fraction of sp³-hybridized carbons (Fsp3) is 0.320. The van der Waals surface area contributed by atoms with Crippen molar-refractivity contribution in [3.8, 4) is 5.75 Å². The number of benzene rings is 1. The molecule has 11 nitrogen and oxygen atoms in total. The van der Waals surface area contributed by atoms with Crippen LogP contribution >= 0.6 is 11.3 Å². The minimum atomic E-state index is -4.83. The first-order valence-electron chi connectivity index (χ1n) is 12.2. The molecule has 1 aromatic carbocycles. The molecule has 1 atom stereocenters. The lowest BCUT2D eigenvalue weighted by molar-refractivity contribution is -0.274. The number of nitrogens with zero attached hydrogens (tertiary/aromatic N) is 4. The predicted octanol–water partition coefficient (Wildman–Crippen LogP) is 2.63. The number of carbonyl (C=O) groups excluding carboxylic acids is 2. The highest BCUT2D eigenvalue weighted by molar-refractivity contribution is 7.13. The van der Waals surface area contributed by atoms with Crippen LogP contribution in [0.15, 0.2) is 54.5 Å². The van der Waals surface area contributed by atoms with Gasteiger partial charge in [-0.1, -0.05) is 29.5 Å². The molecule has 2 heterocycles. The second kappa shape index (κ2) is 14.4. The first-order valence-corrected chi connectivity index (χ1v) is 13.0. The Morgan fingerprint density at radius 2 is 1.90 bits per heavy atom. The van der Waals surface area contributed by atoms with Crippen molar-refractivity contribution in [3.63, 3.8) is 0 Å². The number of nitrogens with one attached hydrogen (secondary N) is 2. The van der Waals surface area contributed by atoms with Crippen LogP contribution in [0.1, 0.15) is 38.1 Å². The molecule has 0 saturated heterocycles. The molecule has 41 heavy (non-hydrogen) atoms. The standard InChI is InChI=1S/C25H28F4N8O3S/c1-15-5-6-17(11-32-15)12-33-22(38)20(30)14-37(31)13-18(26)7-8-21-35-36-24(41-21)23(39)34-10-16-3-2-4-19(9-16)40-25(27,28)29/h2-6,9,11,14,18H,7-8,10,12-13,30-31H2,1H3,(H,33,38)(H,34,39)/b20-14-. The summed E-state index contributed by atoms with van der Waals surface area (Å²) in [6.45, 7) is 1.73. The Morgan fingerprint density at radius 3 is 2.61 bits per heavy atom. The van der Waals surface area contributed by atoms with Crippen LogP contribution < -0.4 is 26.9 Å². The zero-order valence-electron chi connectivity index (χ0n) is 21.8. The van der Waals surface area contributed by atoms with Crippen LogP contribution in [0.2, 0.25) is 0 Å². The summed E-state index contributed by atoms with van der Waals surface area (Å²) in [5.41, 5.74) is 7.57. The monoisotopic (exact) mass is 596 g/mol. The minimum Gasteiger partial charge on any atom is -0.406 e. The van der Waals surface area contributed by atoms with Gasteiger partial charge in [0.05, 0.1) is 6.54 Å². The molecule has 2 amide bonds. The molecule has 0 spiro atoms. The van der Waals surface area contributed by atoms with E-state index in [1.165, 1.54) is 12.1 Å². The van der Waals surface area contributed by atoms with E-state index in [2.05, 4.69) is 30.6 Å². The second-order valence-corrected chi connectivity index (χ2v) is 9.85. The number of aromatic nitrogens is 3. The summed E-state index contributed by atoms with van der Waals surface area (Å²) < 4.78 is 55.5. The molecule has 0 saturated carbocycles. The molecule has 0 aliphatic carbocycles. The lowest BCUT2D eigenvalue weighted by Crippen LogP contribution is -2.36. The lowest BCUT2D eigenvalue weighted by atomic mass is 10.2. The highest BCUT2D eigenvalue weighted by atomic mass is 32.1. The topological polar surface area (TPSA) is 161 Å². The van der Waals surface area contributed by atoms with Gasteiger partial charge in [0, 0.05) is 37.6 Å². The van der Waals surface area contributed by atoms with Crippen LogP contribution in [-0.4, -0.2) is 51.1 Å². The van der Waals surface area contributed by atoms with Crippen molar-refractivity contribution in [2.75, 3.05) is 6.54 Å². The maximum Gasteiger partial charge on any atom is 0.573 e. The van der Waals surface area contributed by atoms with Gasteiger partial charge in [0.25, 0.3) is 11.8 Å². The first-order chi connectivity index (χ1) is 19.4. The molecule has 0 bridgehead atoms. The number of ether oxygens (including phenoxy) is 1. The van der Waals surface area contributed by atoms with Gasteiger partial charge in [-0.15, -0.1) is 23.4 Å². The van der Waals surface area contributed by atoms with E-state index in [9.17, 15) is 27.2 Å². The van der Waals surface area contributed by atoms with Gasteiger partial charge in [0.1, 0.15) is 22.6 Å². The number of alkyl halides is 4. The first kappa shape index (κ1) is 31.2.